The molecule has 0 N–H and O–H groups in total. The van der Waals surface area contributed by atoms with E-state index in [0.717, 1.165) is 43.2 Å². The lowest BCUT2D eigenvalue weighted by Gasteiger charge is -2.26. The zero-order valence-electron chi connectivity index (χ0n) is 11.6. The summed E-state index contributed by atoms with van der Waals surface area (Å²) in [6.45, 7) is 2.03. The number of rotatable bonds is 4. The summed E-state index contributed by atoms with van der Waals surface area (Å²) in [6.07, 6.45) is 8.26. The summed E-state index contributed by atoms with van der Waals surface area (Å²) in [5.74, 6) is 0.479. The number of benzene rings is 1. The average Bonchev–Trinajstić information content (AvgIpc) is 2.44. The van der Waals surface area contributed by atoms with Crippen LogP contribution in [0.5, 0.6) is 0 Å². The van der Waals surface area contributed by atoms with Crippen LogP contribution in [0.3, 0.4) is 0 Å². The maximum Gasteiger partial charge on any atom is 0.240 e. The Labute approximate surface area is 118 Å². The highest BCUT2D eigenvalue weighted by Gasteiger charge is 2.23. The maximum absolute atomic E-state index is 10.5. The van der Waals surface area contributed by atoms with Crippen molar-refractivity contribution >= 4 is 17.8 Å². The van der Waals surface area contributed by atoms with Crippen LogP contribution in [0.2, 0.25) is 0 Å². The van der Waals surface area contributed by atoms with Crippen LogP contribution >= 0.6 is 0 Å². The summed E-state index contributed by atoms with van der Waals surface area (Å²) in [4.78, 5) is 28.6. The quantitative estimate of drug-likeness (QED) is 0.622. The molecule has 0 spiro atoms. The van der Waals surface area contributed by atoms with E-state index in [1.807, 2.05) is 25.1 Å². The van der Waals surface area contributed by atoms with Crippen molar-refractivity contribution in [2.75, 3.05) is 0 Å². The Morgan fingerprint density at radius 2 is 2.10 bits per heavy atom. The van der Waals surface area contributed by atoms with Crippen molar-refractivity contribution in [1.29, 1.82) is 0 Å². The first-order valence-corrected chi connectivity index (χ1v) is 6.98. The lowest BCUT2D eigenvalue weighted by Crippen LogP contribution is -2.20. The third-order valence-electron chi connectivity index (χ3n) is 4.03. The van der Waals surface area contributed by atoms with Crippen molar-refractivity contribution in [2.45, 2.75) is 45.1 Å². The molecule has 2 atom stereocenters. The molecule has 0 aliphatic heterocycles. The second kappa shape index (κ2) is 6.95. The van der Waals surface area contributed by atoms with Gasteiger partial charge in [-0.2, -0.15) is 4.99 Å². The highest BCUT2D eigenvalue weighted by molar-refractivity contribution is 5.56. The van der Waals surface area contributed by atoms with E-state index in [1.165, 1.54) is 0 Å². The van der Waals surface area contributed by atoms with E-state index in [1.54, 1.807) is 12.2 Å². The molecule has 0 heterocycles. The Morgan fingerprint density at radius 1 is 1.25 bits per heavy atom. The molecule has 1 saturated carbocycles. The molecular formula is C16H18N2O2. The summed E-state index contributed by atoms with van der Waals surface area (Å²) < 4.78 is 0. The van der Waals surface area contributed by atoms with E-state index in [2.05, 4.69) is 9.98 Å². The fourth-order valence-corrected chi connectivity index (χ4v) is 3.03. The smallest absolute Gasteiger partial charge is 0.211 e. The zero-order valence-corrected chi connectivity index (χ0v) is 11.6. The predicted octanol–water partition coefficient (Wildman–Crippen LogP) is 3.40. The first-order valence-electron chi connectivity index (χ1n) is 6.98. The third kappa shape index (κ3) is 3.51. The highest BCUT2D eigenvalue weighted by atomic mass is 16.1. The molecule has 1 fully saturated rings. The van der Waals surface area contributed by atoms with Gasteiger partial charge in [-0.15, -0.1) is 0 Å². The van der Waals surface area contributed by atoms with E-state index in [0.29, 0.717) is 11.6 Å². The Balaban J connectivity index is 2.17. The molecule has 2 unspecified atom stereocenters. The summed E-state index contributed by atoms with van der Waals surface area (Å²) >= 11 is 0. The Kier molecular flexibility index (Phi) is 5.00. The van der Waals surface area contributed by atoms with E-state index in [-0.39, 0.29) is 6.04 Å². The van der Waals surface area contributed by atoms with E-state index in [9.17, 15) is 9.59 Å². The summed E-state index contributed by atoms with van der Waals surface area (Å²) in [6, 6.07) is 5.88. The maximum atomic E-state index is 10.5. The molecule has 20 heavy (non-hydrogen) atoms. The van der Waals surface area contributed by atoms with Crippen LogP contribution in [0, 0.1) is 12.8 Å². The van der Waals surface area contributed by atoms with Gasteiger partial charge in [0.25, 0.3) is 0 Å². The lowest BCUT2D eigenvalue weighted by molar-refractivity contribution is 0.321. The standard InChI is InChI=1S/C16H18N2O2/c1-12-4-2-7-16(18-11-20)15(12)9-13-5-3-6-14(8-13)17-10-19/h2,4,7,13-14H,3,5-6,8-9H2,1H3. The molecule has 0 aromatic heterocycles. The van der Waals surface area contributed by atoms with Crippen LogP contribution in [-0.4, -0.2) is 18.2 Å². The lowest BCUT2D eigenvalue weighted by atomic mass is 9.81. The van der Waals surface area contributed by atoms with Crippen LogP contribution in [0.4, 0.5) is 5.69 Å². The van der Waals surface area contributed by atoms with Gasteiger partial charge in [0.05, 0.1) is 11.7 Å². The van der Waals surface area contributed by atoms with Gasteiger partial charge in [-0.3, -0.25) is 0 Å². The number of aliphatic imine (C=N–C) groups is 2. The van der Waals surface area contributed by atoms with Gasteiger partial charge in [-0.25, -0.2) is 14.6 Å². The minimum Gasteiger partial charge on any atom is -0.211 e. The van der Waals surface area contributed by atoms with Crippen molar-refractivity contribution in [3.63, 3.8) is 0 Å². The number of hydrogen-bond acceptors (Lipinski definition) is 4. The van der Waals surface area contributed by atoms with Crippen LogP contribution in [0.25, 0.3) is 0 Å². The van der Waals surface area contributed by atoms with Crippen molar-refractivity contribution in [1.82, 2.24) is 0 Å². The van der Waals surface area contributed by atoms with Gasteiger partial charge >= 0.3 is 0 Å². The molecule has 0 bridgehead atoms. The molecule has 1 aromatic carbocycles. The van der Waals surface area contributed by atoms with Gasteiger partial charge in [-0.05, 0) is 55.7 Å². The fourth-order valence-electron chi connectivity index (χ4n) is 3.03. The largest absolute Gasteiger partial charge is 0.240 e. The molecule has 0 saturated heterocycles. The molecular weight excluding hydrogens is 252 g/mol. The Hall–Kier alpha value is -2.02. The van der Waals surface area contributed by atoms with Crippen LogP contribution < -0.4 is 0 Å². The van der Waals surface area contributed by atoms with Crippen LogP contribution in [0.15, 0.2) is 28.2 Å². The normalized spacial score (nSPS) is 21.6. The van der Waals surface area contributed by atoms with Crippen molar-refractivity contribution in [3.05, 3.63) is 29.3 Å². The third-order valence-corrected chi connectivity index (χ3v) is 4.03. The van der Waals surface area contributed by atoms with Gasteiger partial charge in [0.2, 0.25) is 12.2 Å². The second-order valence-electron chi connectivity index (χ2n) is 5.39. The predicted molar refractivity (Wildman–Crippen MR) is 76.5 cm³/mol. The minimum atomic E-state index is 0.105. The minimum absolute atomic E-state index is 0.105. The molecule has 2 rings (SSSR count). The molecule has 4 heteroatoms. The molecule has 1 aromatic rings. The molecule has 0 amide bonds. The first kappa shape index (κ1) is 14.4. The average molecular weight is 270 g/mol. The number of aryl methyl sites for hydroxylation is 1. The molecule has 1 aliphatic carbocycles. The second-order valence-corrected chi connectivity index (χ2v) is 5.39. The fraction of sp³-hybridized carbons (Fsp3) is 0.500. The Bertz CT molecular complexity index is 570. The van der Waals surface area contributed by atoms with Gasteiger partial charge in [0.15, 0.2) is 0 Å². The van der Waals surface area contributed by atoms with E-state index >= 15 is 0 Å². The first-order chi connectivity index (χ1) is 9.74. The van der Waals surface area contributed by atoms with Gasteiger partial charge in [-0.1, -0.05) is 18.6 Å². The molecule has 1 aliphatic rings. The van der Waals surface area contributed by atoms with Gasteiger partial charge in [0, 0.05) is 0 Å². The number of hydrogen-bond donors (Lipinski definition) is 0. The summed E-state index contributed by atoms with van der Waals surface area (Å²) in [7, 11) is 0. The number of carbonyl (C=O) groups excluding carboxylic acids is 2. The van der Waals surface area contributed by atoms with Gasteiger partial charge in [0.1, 0.15) is 0 Å². The zero-order chi connectivity index (χ0) is 14.4. The van der Waals surface area contributed by atoms with Crippen LogP contribution in [0.1, 0.15) is 36.8 Å². The molecule has 4 nitrogen and oxygen atoms in total. The number of isocyanates is 2. The van der Waals surface area contributed by atoms with E-state index in [4.69, 9.17) is 0 Å². The van der Waals surface area contributed by atoms with E-state index < -0.39 is 0 Å². The summed E-state index contributed by atoms with van der Waals surface area (Å²) in [5.41, 5.74) is 2.96. The van der Waals surface area contributed by atoms with Crippen LogP contribution in [-0.2, 0) is 16.0 Å². The monoisotopic (exact) mass is 270 g/mol. The van der Waals surface area contributed by atoms with Crippen molar-refractivity contribution in [2.24, 2.45) is 15.9 Å². The summed E-state index contributed by atoms with van der Waals surface area (Å²) in [5, 5.41) is 0. The SMILES string of the molecule is Cc1cccc(N=C=O)c1CC1CCCC(N=C=O)C1. The highest BCUT2D eigenvalue weighted by Crippen LogP contribution is 2.32. The molecule has 104 valence electrons. The topological polar surface area (TPSA) is 58.9 Å². The van der Waals surface area contributed by atoms with Crippen molar-refractivity contribution < 1.29 is 9.59 Å². The molecule has 0 radical (unpaired) electrons. The number of nitrogens with zero attached hydrogens (tertiary/aromatic N) is 2. The van der Waals surface area contributed by atoms with Crippen molar-refractivity contribution in [3.8, 4) is 0 Å². The Morgan fingerprint density at radius 3 is 2.85 bits per heavy atom. The van der Waals surface area contributed by atoms with Gasteiger partial charge < -0.3 is 0 Å².